The Kier molecular flexibility index (Phi) is 14.7. The van der Waals surface area contributed by atoms with Crippen molar-refractivity contribution < 1.29 is 34.2 Å². The van der Waals surface area contributed by atoms with Gasteiger partial charge in [-0.1, -0.05) is 68.4 Å². The number of anilines is 2. The molecule has 12 heteroatoms. The van der Waals surface area contributed by atoms with Crippen molar-refractivity contribution in [2.75, 3.05) is 30.8 Å². The first-order chi connectivity index (χ1) is 27.4. The Morgan fingerprint density at radius 3 is 2.02 bits per heavy atom. The first-order valence-electron chi connectivity index (χ1n) is 19.4. The Morgan fingerprint density at radius 2 is 1.37 bits per heavy atom. The lowest BCUT2D eigenvalue weighted by Crippen LogP contribution is -2.41. The molecule has 0 spiro atoms. The molecule has 0 fully saturated rings. The lowest BCUT2D eigenvalue weighted by molar-refractivity contribution is -0.140. The zero-order valence-electron chi connectivity index (χ0n) is 32.7. The van der Waals surface area contributed by atoms with Gasteiger partial charge in [0.05, 0.1) is 17.5 Å². The third-order valence-corrected chi connectivity index (χ3v) is 10.3. The van der Waals surface area contributed by atoms with Crippen LogP contribution in [0.25, 0.3) is 10.9 Å². The number of aromatic nitrogens is 1. The maximum absolute atomic E-state index is 13.8. The number of carboxylic acid groups (broad SMARTS) is 2. The second-order valence-corrected chi connectivity index (χ2v) is 14.2. The van der Waals surface area contributed by atoms with Crippen molar-refractivity contribution in [1.29, 1.82) is 0 Å². The van der Waals surface area contributed by atoms with Crippen LogP contribution in [0.5, 0.6) is 0 Å². The van der Waals surface area contributed by atoms with Gasteiger partial charge in [0, 0.05) is 61.3 Å². The third-order valence-electron chi connectivity index (χ3n) is 10.3. The number of aromatic amines is 1. The topological polar surface area (TPSA) is 172 Å². The van der Waals surface area contributed by atoms with Gasteiger partial charge in [-0.3, -0.25) is 24.1 Å². The molecular weight excluding hydrogens is 723 g/mol. The van der Waals surface area contributed by atoms with Crippen LogP contribution < -0.4 is 10.6 Å². The van der Waals surface area contributed by atoms with Gasteiger partial charge < -0.3 is 30.7 Å². The summed E-state index contributed by atoms with van der Waals surface area (Å²) >= 11 is 0. The zero-order valence-corrected chi connectivity index (χ0v) is 32.7. The molecule has 5 N–H and O–H groups in total. The number of aryl methyl sites for hydroxylation is 2. The number of hydrogen-bond acceptors (Lipinski definition) is 6. The zero-order chi connectivity index (χ0) is 40.9. The maximum Gasteiger partial charge on any atom is 0.335 e. The number of nitrogens with zero attached hydrogens (tertiary/aromatic N) is 2. The largest absolute Gasteiger partial charge is 0.481 e. The van der Waals surface area contributed by atoms with Crippen LogP contribution in [0, 0.1) is 0 Å². The molecule has 3 amide bonds. The number of aromatic carboxylic acids is 1. The molecular formula is C45H51N5O7. The van der Waals surface area contributed by atoms with E-state index < -0.39 is 11.9 Å². The highest BCUT2D eigenvalue weighted by Gasteiger charge is 2.22. The van der Waals surface area contributed by atoms with Gasteiger partial charge >= 0.3 is 11.9 Å². The van der Waals surface area contributed by atoms with Crippen molar-refractivity contribution in [3.8, 4) is 0 Å². The number of amides is 3. The van der Waals surface area contributed by atoms with Crippen LogP contribution in [0.4, 0.5) is 11.5 Å². The molecule has 0 aliphatic heterocycles. The molecule has 4 aromatic carbocycles. The van der Waals surface area contributed by atoms with Crippen LogP contribution in [0.15, 0.2) is 97.1 Å². The van der Waals surface area contributed by atoms with Crippen LogP contribution in [0.2, 0.25) is 0 Å². The number of carboxylic acids is 2. The smallest absolute Gasteiger partial charge is 0.335 e. The maximum atomic E-state index is 13.8. The molecule has 0 radical (unpaired) electrons. The molecule has 298 valence electrons. The minimum Gasteiger partial charge on any atom is -0.481 e. The van der Waals surface area contributed by atoms with E-state index in [0.29, 0.717) is 47.4 Å². The predicted octanol–water partition coefficient (Wildman–Crippen LogP) is 7.86. The Labute approximate surface area is 332 Å². The van der Waals surface area contributed by atoms with Gasteiger partial charge in [-0.05, 0) is 91.3 Å². The van der Waals surface area contributed by atoms with Gasteiger partial charge in [-0.2, -0.15) is 0 Å². The molecule has 1 aromatic heterocycles. The number of aliphatic carboxylic acids is 1. The fourth-order valence-electron chi connectivity index (χ4n) is 6.97. The predicted molar refractivity (Wildman–Crippen MR) is 222 cm³/mol. The van der Waals surface area contributed by atoms with Crippen molar-refractivity contribution in [3.05, 3.63) is 130 Å². The fourth-order valence-corrected chi connectivity index (χ4v) is 6.97. The van der Waals surface area contributed by atoms with Gasteiger partial charge in [0.2, 0.25) is 5.91 Å². The lowest BCUT2D eigenvalue weighted by atomic mass is 10.0. The van der Waals surface area contributed by atoms with Crippen LogP contribution >= 0.6 is 0 Å². The molecule has 0 saturated heterocycles. The van der Waals surface area contributed by atoms with Crippen LogP contribution in [-0.2, 0) is 29.0 Å². The summed E-state index contributed by atoms with van der Waals surface area (Å²) in [4.78, 5) is 69.2. The lowest BCUT2D eigenvalue weighted by Gasteiger charge is -2.32. The minimum atomic E-state index is -1.00. The molecule has 0 bridgehead atoms. The number of fused-ring (bicyclic) bond motifs is 1. The molecule has 0 aliphatic rings. The van der Waals surface area contributed by atoms with Crippen LogP contribution in [-0.4, -0.2) is 80.8 Å². The number of carbonyl (C=O) groups excluding carboxylic acids is 3. The highest BCUT2D eigenvalue weighted by molar-refractivity contribution is 6.19. The van der Waals surface area contributed by atoms with Gasteiger partial charge in [0.1, 0.15) is 5.82 Å². The van der Waals surface area contributed by atoms with E-state index in [-0.39, 0.29) is 48.0 Å². The third kappa shape index (κ3) is 11.6. The summed E-state index contributed by atoms with van der Waals surface area (Å²) in [6.45, 7) is 5.81. The monoisotopic (exact) mass is 773 g/mol. The van der Waals surface area contributed by atoms with Crippen molar-refractivity contribution in [3.63, 3.8) is 0 Å². The van der Waals surface area contributed by atoms with E-state index >= 15 is 0 Å². The summed E-state index contributed by atoms with van der Waals surface area (Å²) in [5, 5.41) is 24.7. The highest BCUT2D eigenvalue weighted by Crippen LogP contribution is 2.28. The van der Waals surface area contributed by atoms with E-state index in [1.165, 1.54) is 0 Å². The normalized spacial score (nSPS) is 11.2. The molecule has 5 aromatic rings. The van der Waals surface area contributed by atoms with E-state index in [4.69, 9.17) is 10.2 Å². The van der Waals surface area contributed by atoms with Gasteiger partial charge in [-0.25, -0.2) is 4.79 Å². The Balaban J connectivity index is 1.24. The molecule has 12 nitrogen and oxygen atoms in total. The summed E-state index contributed by atoms with van der Waals surface area (Å²) in [6, 6.07) is 29.6. The average molecular weight is 774 g/mol. The van der Waals surface area contributed by atoms with Crippen molar-refractivity contribution in [2.45, 2.75) is 71.4 Å². The van der Waals surface area contributed by atoms with E-state index in [1.54, 1.807) is 30.1 Å². The minimum absolute atomic E-state index is 0.0427. The molecule has 1 heterocycles. The first kappa shape index (κ1) is 41.9. The summed E-state index contributed by atoms with van der Waals surface area (Å²) in [6.07, 6.45) is 4.07. The van der Waals surface area contributed by atoms with Crippen molar-refractivity contribution in [2.24, 2.45) is 0 Å². The van der Waals surface area contributed by atoms with E-state index in [9.17, 15) is 24.0 Å². The quantitative estimate of drug-likeness (QED) is 0.0532. The molecule has 0 aliphatic carbocycles. The summed E-state index contributed by atoms with van der Waals surface area (Å²) < 4.78 is 0. The van der Waals surface area contributed by atoms with Gasteiger partial charge in [0.25, 0.3) is 11.8 Å². The van der Waals surface area contributed by atoms with E-state index in [2.05, 4.69) is 34.4 Å². The van der Waals surface area contributed by atoms with Crippen molar-refractivity contribution >= 4 is 52.1 Å². The van der Waals surface area contributed by atoms with E-state index in [1.807, 2.05) is 78.9 Å². The van der Waals surface area contributed by atoms with E-state index in [0.717, 1.165) is 48.8 Å². The van der Waals surface area contributed by atoms with Gasteiger partial charge in [0.15, 0.2) is 0 Å². The number of H-pyrrole nitrogens is 1. The Hall–Kier alpha value is -6.27. The number of likely N-dealkylation sites (N-methyl/N-ethyl adjacent to an activating group) is 1. The Morgan fingerprint density at radius 1 is 0.702 bits per heavy atom. The number of carbonyl (C=O) groups is 5. The molecule has 5 rings (SSSR count). The standard InChI is InChI=1S/C45H51N5O7/c1-4-36(5-2)50(27-26-49(3)39(51)24-25-40(52)53)29-32-12-9-13-34(28-32)43(54)48-42-41(37-14-6-7-15-38(37)47-42)44(55)46-35-22-18-31(19-23-35)11-8-10-30-16-20-33(21-17-30)45(56)57/h6-7,9,12-23,28,36,47H,4-5,8,10-11,24-27,29H2,1-3H3,(H,46,55)(H,48,54)(H,52,53)(H,56,57). The molecule has 57 heavy (non-hydrogen) atoms. The number of hydrogen-bond donors (Lipinski definition) is 5. The van der Waals surface area contributed by atoms with Crippen LogP contribution in [0.3, 0.4) is 0 Å². The second kappa shape index (κ2) is 20.1. The number of nitrogens with one attached hydrogen (secondary N) is 3. The number of benzene rings is 4. The summed E-state index contributed by atoms with van der Waals surface area (Å²) in [7, 11) is 1.69. The molecule has 0 saturated carbocycles. The fraction of sp³-hybridized carbons (Fsp3) is 0.311. The SMILES string of the molecule is CCC(CC)N(CCN(C)C(=O)CCC(=O)O)Cc1cccc(C(=O)Nc2[nH]c3ccccc3c2C(=O)Nc2ccc(CCCc3ccc(C(=O)O)cc3)cc2)c1. The summed E-state index contributed by atoms with van der Waals surface area (Å²) in [5.74, 6) is -2.62. The Bertz CT molecular complexity index is 2170. The number of rotatable bonds is 20. The summed E-state index contributed by atoms with van der Waals surface area (Å²) in [5.41, 5.74) is 5.42. The average Bonchev–Trinajstić information content (AvgIpc) is 3.58. The van der Waals surface area contributed by atoms with Crippen molar-refractivity contribution in [1.82, 2.24) is 14.8 Å². The number of para-hydroxylation sites is 1. The molecule has 0 atom stereocenters. The first-order valence-corrected chi connectivity index (χ1v) is 19.4. The van der Waals surface area contributed by atoms with Gasteiger partial charge in [-0.15, -0.1) is 0 Å². The highest BCUT2D eigenvalue weighted by atomic mass is 16.4. The molecule has 0 unspecified atom stereocenters. The van der Waals surface area contributed by atoms with Crippen LogP contribution in [0.1, 0.15) is 93.7 Å². The second-order valence-electron chi connectivity index (χ2n) is 14.2.